The minimum Gasteiger partial charge on any atom is -0.355 e. The first kappa shape index (κ1) is 13.5. The summed E-state index contributed by atoms with van der Waals surface area (Å²) in [5.74, 6) is 1.29. The number of aliphatic imine (C=N–C) groups is 1. The number of rotatable bonds is 0. The molecule has 0 saturated carbocycles. The second kappa shape index (κ2) is 4.77. The first-order valence-electron chi connectivity index (χ1n) is 6.55. The molecule has 94 valence electrons. The molecule has 2 nitrogen and oxygen atoms in total. The monoisotopic (exact) mass is 224 g/mol. The molecule has 0 unspecified atom stereocenters. The van der Waals surface area contributed by atoms with E-state index in [0.717, 1.165) is 13.1 Å². The van der Waals surface area contributed by atoms with E-state index in [9.17, 15) is 0 Å². The summed E-state index contributed by atoms with van der Waals surface area (Å²) in [7, 11) is 0. The Morgan fingerprint density at radius 1 is 0.938 bits per heavy atom. The lowest BCUT2D eigenvalue weighted by atomic mass is 9.90. The van der Waals surface area contributed by atoms with Crippen molar-refractivity contribution in [1.82, 2.24) is 4.90 Å². The summed E-state index contributed by atoms with van der Waals surface area (Å²) < 4.78 is 0. The largest absolute Gasteiger partial charge is 0.355 e. The van der Waals surface area contributed by atoms with Crippen LogP contribution in [-0.4, -0.2) is 29.4 Å². The van der Waals surface area contributed by atoms with Gasteiger partial charge >= 0.3 is 0 Å². The second-order valence-electron chi connectivity index (χ2n) is 6.84. The number of amidine groups is 1. The lowest BCUT2D eigenvalue weighted by Gasteiger charge is -2.43. The maximum Gasteiger partial charge on any atom is 0.105 e. The molecule has 0 amide bonds. The molecule has 0 aromatic heterocycles. The molecule has 0 N–H and O–H groups in total. The molecule has 0 radical (unpaired) electrons. The van der Waals surface area contributed by atoms with Crippen LogP contribution in [0, 0.1) is 5.41 Å². The molecule has 0 aromatic rings. The van der Waals surface area contributed by atoms with E-state index >= 15 is 0 Å². The summed E-state index contributed by atoms with van der Waals surface area (Å²) in [6.45, 7) is 15.8. The van der Waals surface area contributed by atoms with E-state index in [4.69, 9.17) is 4.99 Å². The van der Waals surface area contributed by atoms with Gasteiger partial charge in [-0.15, -0.1) is 0 Å². The third kappa shape index (κ3) is 3.50. The molecule has 1 rings (SSSR count). The van der Waals surface area contributed by atoms with Crippen molar-refractivity contribution in [2.75, 3.05) is 13.1 Å². The molecular formula is C14H28N2. The first-order chi connectivity index (χ1) is 7.23. The highest BCUT2D eigenvalue weighted by atomic mass is 15.2. The zero-order valence-corrected chi connectivity index (χ0v) is 11.9. The Kier molecular flexibility index (Phi) is 4.03. The van der Waals surface area contributed by atoms with Gasteiger partial charge < -0.3 is 4.90 Å². The topological polar surface area (TPSA) is 15.6 Å². The van der Waals surface area contributed by atoms with Gasteiger partial charge in [0, 0.05) is 24.0 Å². The average Bonchev–Trinajstić information content (AvgIpc) is 1.96. The molecular weight excluding hydrogens is 196 g/mol. The fourth-order valence-electron chi connectivity index (χ4n) is 2.23. The van der Waals surface area contributed by atoms with Crippen molar-refractivity contribution in [3.8, 4) is 0 Å². The van der Waals surface area contributed by atoms with Crippen molar-refractivity contribution in [2.24, 2.45) is 10.4 Å². The maximum atomic E-state index is 4.84. The van der Waals surface area contributed by atoms with Crippen molar-refractivity contribution in [3.63, 3.8) is 0 Å². The predicted octanol–water partition coefficient (Wildman–Crippen LogP) is 3.72. The quantitative estimate of drug-likeness (QED) is 0.612. The third-order valence-electron chi connectivity index (χ3n) is 3.04. The van der Waals surface area contributed by atoms with E-state index in [1.54, 1.807) is 0 Å². The Balaban J connectivity index is 3.02. The summed E-state index contributed by atoms with van der Waals surface area (Å²) in [5.41, 5.74) is 0.341. The summed E-state index contributed by atoms with van der Waals surface area (Å²) in [4.78, 5) is 7.35. The van der Waals surface area contributed by atoms with Gasteiger partial charge in [-0.2, -0.15) is 0 Å². The summed E-state index contributed by atoms with van der Waals surface area (Å²) in [6.07, 6.45) is 3.86. The van der Waals surface area contributed by atoms with E-state index in [1.165, 1.54) is 25.1 Å². The van der Waals surface area contributed by atoms with Gasteiger partial charge in [0.1, 0.15) is 5.84 Å². The van der Waals surface area contributed by atoms with E-state index in [0.29, 0.717) is 0 Å². The molecule has 0 bridgehead atoms. The average molecular weight is 224 g/mol. The molecule has 0 atom stereocenters. The van der Waals surface area contributed by atoms with Crippen LogP contribution < -0.4 is 0 Å². The zero-order valence-electron chi connectivity index (χ0n) is 11.9. The molecule has 0 saturated heterocycles. The Labute approximate surface area is 101 Å². The van der Waals surface area contributed by atoms with Crippen LogP contribution in [0.5, 0.6) is 0 Å². The zero-order chi connectivity index (χ0) is 12.4. The van der Waals surface area contributed by atoms with Gasteiger partial charge in [-0.05, 0) is 40.0 Å². The van der Waals surface area contributed by atoms with Crippen molar-refractivity contribution >= 4 is 5.84 Å². The van der Waals surface area contributed by atoms with Crippen LogP contribution in [0.25, 0.3) is 0 Å². The molecule has 1 heterocycles. The van der Waals surface area contributed by atoms with Crippen LogP contribution >= 0.6 is 0 Å². The predicted molar refractivity (Wildman–Crippen MR) is 72.1 cm³/mol. The van der Waals surface area contributed by atoms with Gasteiger partial charge in [0.05, 0.1) is 0 Å². The van der Waals surface area contributed by atoms with Crippen LogP contribution in [0.4, 0.5) is 0 Å². The lowest BCUT2D eigenvalue weighted by Crippen LogP contribution is -2.51. The Bertz CT molecular complexity index is 253. The summed E-state index contributed by atoms with van der Waals surface area (Å²) in [5, 5.41) is 0. The van der Waals surface area contributed by atoms with Crippen molar-refractivity contribution in [3.05, 3.63) is 0 Å². The third-order valence-corrected chi connectivity index (χ3v) is 3.04. The number of hydrogen-bond acceptors (Lipinski definition) is 2. The molecule has 1 aliphatic heterocycles. The fourth-order valence-corrected chi connectivity index (χ4v) is 2.23. The molecule has 0 fully saturated rings. The second-order valence-corrected chi connectivity index (χ2v) is 6.84. The Morgan fingerprint density at radius 3 is 2.06 bits per heavy atom. The van der Waals surface area contributed by atoms with Crippen LogP contribution in [0.1, 0.15) is 60.8 Å². The SMILES string of the molecule is CC(C)(C)C1=NCCCCCN1C(C)(C)C. The molecule has 2 heteroatoms. The Morgan fingerprint density at radius 2 is 1.56 bits per heavy atom. The highest BCUT2D eigenvalue weighted by Gasteiger charge is 2.31. The van der Waals surface area contributed by atoms with Gasteiger partial charge in [-0.25, -0.2) is 0 Å². The van der Waals surface area contributed by atoms with Crippen LogP contribution in [0.3, 0.4) is 0 Å². The van der Waals surface area contributed by atoms with Crippen LogP contribution in [0.15, 0.2) is 4.99 Å². The molecule has 0 aromatic carbocycles. The highest BCUT2D eigenvalue weighted by molar-refractivity contribution is 5.87. The number of hydrogen-bond donors (Lipinski definition) is 0. The maximum absolute atomic E-state index is 4.84. The standard InChI is InChI=1S/C14H28N2/c1-13(2,3)12-15-10-8-7-9-11-16(12)14(4,5)6/h7-11H2,1-6H3. The van der Waals surface area contributed by atoms with E-state index in [-0.39, 0.29) is 11.0 Å². The van der Waals surface area contributed by atoms with Gasteiger partial charge in [-0.3, -0.25) is 4.99 Å². The van der Waals surface area contributed by atoms with Crippen molar-refractivity contribution in [2.45, 2.75) is 66.3 Å². The highest BCUT2D eigenvalue weighted by Crippen LogP contribution is 2.27. The minimum atomic E-state index is 0.157. The molecule has 1 aliphatic rings. The Hall–Kier alpha value is -0.530. The van der Waals surface area contributed by atoms with E-state index in [1.807, 2.05) is 0 Å². The van der Waals surface area contributed by atoms with Gasteiger partial charge in [-0.1, -0.05) is 20.8 Å². The minimum absolute atomic E-state index is 0.157. The molecule has 0 spiro atoms. The van der Waals surface area contributed by atoms with Gasteiger partial charge in [0.25, 0.3) is 0 Å². The van der Waals surface area contributed by atoms with Gasteiger partial charge in [0.15, 0.2) is 0 Å². The normalized spacial score (nSPS) is 20.1. The van der Waals surface area contributed by atoms with E-state index < -0.39 is 0 Å². The van der Waals surface area contributed by atoms with Crippen LogP contribution in [0.2, 0.25) is 0 Å². The van der Waals surface area contributed by atoms with Crippen molar-refractivity contribution in [1.29, 1.82) is 0 Å². The van der Waals surface area contributed by atoms with Crippen molar-refractivity contribution < 1.29 is 0 Å². The lowest BCUT2D eigenvalue weighted by molar-refractivity contribution is 0.209. The molecule has 0 aliphatic carbocycles. The van der Waals surface area contributed by atoms with Crippen LogP contribution in [-0.2, 0) is 0 Å². The van der Waals surface area contributed by atoms with Gasteiger partial charge in [0.2, 0.25) is 0 Å². The molecule has 16 heavy (non-hydrogen) atoms. The number of nitrogens with zero attached hydrogens (tertiary/aromatic N) is 2. The smallest absolute Gasteiger partial charge is 0.105 e. The fraction of sp³-hybridized carbons (Fsp3) is 0.929. The summed E-state index contributed by atoms with van der Waals surface area (Å²) in [6, 6.07) is 0. The first-order valence-corrected chi connectivity index (χ1v) is 6.55. The summed E-state index contributed by atoms with van der Waals surface area (Å²) >= 11 is 0. The van der Waals surface area contributed by atoms with E-state index in [2.05, 4.69) is 46.4 Å².